The van der Waals surface area contributed by atoms with Crippen molar-refractivity contribution in [3.05, 3.63) is 28.7 Å². The largest absolute Gasteiger partial charge is 0.425 e. The van der Waals surface area contributed by atoms with E-state index in [4.69, 9.17) is 4.74 Å². The smallest absolute Gasteiger partial charge is 0.315 e. The van der Waals surface area contributed by atoms with Crippen molar-refractivity contribution in [2.24, 2.45) is 5.92 Å². The summed E-state index contributed by atoms with van der Waals surface area (Å²) in [6, 6.07) is 6.94. The molecule has 0 bridgehead atoms. The number of carbonyl (C=O) groups is 1. The van der Waals surface area contributed by atoms with Crippen LogP contribution in [-0.2, 0) is 15.7 Å². The van der Waals surface area contributed by atoms with Crippen molar-refractivity contribution >= 4 is 32.8 Å². The third-order valence-corrected chi connectivity index (χ3v) is 3.07. The van der Waals surface area contributed by atoms with Crippen LogP contribution in [0.2, 0.25) is 0 Å². The summed E-state index contributed by atoms with van der Waals surface area (Å²) in [5, 5.41) is 0. The molecule has 1 aromatic rings. The fraction of sp³-hybridized carbons (Fsp3) is 0.300. The topological polar surface area (TPSA) is 72.5 Å². The summed E-state index contributed by atoms with van der Waals surface area (Å²) < 4.78 is 28.6. The predicted molar refractivity (Wildman–Crippen MR) is 67.3 cm³/mol. The van der Waals surface area contributed by atoms with Gasteiger partial charge in [-0.15, -0.1) is 0 Å². The number of rotatable bonds is 5. The Balaban J connectivity index is 2.57. The highest BCUT2D eigenvalue weighted by Gasteiger charge is 2.16. The zero-order valence-electron chi connectivity index (χ0n) is 9.05. The Morgan fingerprint density at radius 3 is 2.71 bits per heavy atom. The molecule has 0 aromatic heterocycles. The normalized spacial score (nSPS) is 12.4. The van der Waals surface area contributed by atoms with Gasteiger partial charge in [-0.1, -0.05) is 19.1 Å². The van der Waals surface area contributed by atoms with E-state index in [-0.39, 0.29) is 6.54 Å². The summed E-state index contributed by atoms with van der Waals surface area (Å²) in [4.78, 5) is 11.6. The summed E-state index contributed by atoms with van der Waals surface area (Å²) in [5.41, 5.74) is 0. The molecule has 0 saturated carbocycles. The van der Waals surface area contributed by atoms with Gasteiger partial charge < -0.3 is 4.74 Å². The first-order chi connectivity index (χ1) is 8.00. The van der Waals surface area contributed by atoms with Crippen molar-refractivity contribution in [3.8, 4) is 5.75 Å². The molecule has 7 heteroatoms. The maximum absolute atomic E-state index is 11.6. The minimum Gasteiger partial charge on any atom is -0.425 e. The number of benzene rings is 1. The van der Waals surface area contributed by atoms with Crippen LogP contribution in [0.4, 0.5) is 0 Å². The van der Waals surface area contributed by atoms with E-state index in [0.717, 1.165) is 0 Å². The van der Waals surface area contributed by atoms with Crippen LogP contribution in [0.1, 0.15) is 6.92 Å². The molecule has 0 spiro atoms. The molecule has 0 saturated heterocycles. The van der Waals surface area contributed by atoms with Crippen molar-refractivity contribution in [1.82, 2.24) is 4.72 Å². The number of ether oxygens (including phenoxy) is 1. The fourth-order valence-corrected chi connectivity index (χ4v) is 1.82. The lowest BCUT2D eigenvalue weighted by molar-refractivity contribution is -0.138. The van der Waals surface area contributed by atoms with E-state index in [0.29, 0.717) is 10.2 Å². The van der Waals surface area contributed by atoms with Crippen molar-refractivity contribution in [2.75, 3.05) is 6.54 Å². The van der Waals surface area contributed by atoms with Crippen LogP contribution in [0.5, 0.6) is 5.75 Å². The van der Waals surface area contributed by atoms with Gasteiger partial charge in [0.1, 0.15) is 5.75 Å². The van der Waals surface area contributed by atoms with Gasteiger partial charge in [-0.2, -0.15) is 0 Å². The SMILES string of the molecule is CC(CN[SH](=O)=O)C(=O)Oc1ccccc1Br. The van der Waals surface area contributed by atoms with Crippen molar-refractivity contribution < 1.29 is 17.9 Å². The number of carbonyl (C=O) groups excluding carboxylic acids is 1. The van der Waals surface area contributed by atoms with Gasteiger partial charge in [-0.05, 0) is 28.1 Å². The molecular formula is C10H12BrNO4S. The zero-order chi connectivity index (χ0) is 12.8. The van der Waals surface area contributed by atoms with Crippen molar-refractivity contribution in [1.29, 1.82) is 0 Å². The standard InChI is InChI=1S/C10H12BrNO4S/c1-7(6-12-17(14)15)10(13)16-9-5-3-2-4-8(9)11/h2-5,7,17H,6H2,1H3,(H,12,14,15). The number of hydrogen-bond donors (Lipinski definition) is 2. The Labute approximate surface area is 109 Å². The summed E-state index contributed by atoms with van der Waals surface area (Å²) in [7, 11) is -2.69. The quantitative estimate of drug-likeness (QED) is 0.484. The first-order valence-electron chi connectivity index (χ1n) is 4.85. The fourth-order valence-electron chi connectivity index (χ4n) is 1.03. The lowest BCUT2D eigenvalue weighted by atomic mass is 10.2. The molecule has 1 N–H and O–H groups in total. The molecule has 5 nitrogen and oxygen atoms in total. The van der Waals surface area contributed by atoms with Crippen molar-refractivity contribution in [3.63, 3.8) is 0 Å². The second-order valence-electron chi connectivity index (χ2n) is 3.37. The average molecular weight is 322 g/mol. The number of nitrogens with one attached hydrogen (secondary N) is 1. The van der Waals surface area contributed by atoms with Crippen LogP contribution in [0.3, 0.4) is 0 Å². The summed E-state index contributed by atoms with van der Waals surface area (Å²) in [6.45, 7) is 1.62. The maximum atomic E-state index is 11.6. The molecule has 94 valence electrons. The first-order valence-corrected chi connectivity index (χ1v) is 6.82. The molecule has 1 aromatic carbocycles. The van der Waals surface area contributed by atoms with E-state index in [1.807, 2.05) is 0 Å². The molecule has 17 heavy (non-hydrogen) atoms. The molecule has 0 amide bonds. The third kappa shape index (κ3) is 4.84. The van der Waals surface area contributed by atoms with Gasteiger partial charge in [-0.3, -0.25) is 4.79 Å². The van der Waals surface area contributed by atoms with Crippen LogP contribution < -0.4 is 9.46 Å². The second-order valence-corrected chi connectivity index (χ2v) is 5.06. The van der Waals surface area contributed by atoms with E-state index in [1.165, 1.54) is 0 Å². The highest BCUT2D eigenvalue weighted by Crippen LogP contribution is 2.24. The molecule has 1 rings (SSSR count). The second kappa shape index (κ2) is 6.73. The molecule has 0 heterocycles. The van der Waals surface area contributed by atoms with Crippen LogP contribution in [0, 0.1) is 5.92 Å². The predicted octanol–water partition coefficient (Wildman–Crippen LogP) is 1.11. The van der Waals surface area contributed by atoms with E-state index >= 15 is 0 Å². The van der Waals surface area contributed by atoms with Crippen LogP contribution in [0.25, 0.3) is 0 Å². The maximum Gasteiger partial charge on any atom is 0.315 e. The third-order valence-electron chi connectivity index (χ3n) is 1.98. The summed E-state index contributed by atoms with van der Waals surface area (Å²) in [6.07, 6.45) is 0. The summed E-state index contributed by atoms with van der Waals surface area (Å²) in [5.74, 6) is -0.618. The van der Waals surface area contributed by atoms with Gasteiger partial charge in [0.05, 0.1) is 10.4 Å². The molecule has 0 aliphatic rings. The Morgan fingerprint density at radius 2 is 2.12 bits per heavy atom. The monoisotopic (exact) mass is 321 g/mol. The Kier molecular flexibility index (Phi) is 5.60. The Hall–Kier alpha value is -0.920. The number of thiol groups is 1. The van der Waals surface area contributed by atoms with Crippen LogP contribution in [0.15, 0.2) is 28.7 Å². The lowest BCUT2D eigenvalue weighted by Crippen LogP contribution is -2.28. The van der Waals surface area contributed by atoms with Gasteiger partial charge in [0.25, 0.3) is 0 Å². The first kappa shape index (κ1) is 14.1. The number of esters is 1. The Morgan fingerprint density at radius 1 is 1.47 bits per heavy atom. The Bertz CT molecular complexity index is 467. The highest BCUT2D eigenvalue weighted by molar-refractivity contribution is 9.10. The molecule has 0 fully saturated rings. The average Bonchev–Trinajstić information content (AvgIpc) is 2.28. The molecule has 1 atom stereocenters. The van der Waals surface area contributed by atoms with Gasteiger partial charge >= 0.3 is 5.97 Å². The number of hydrogen-bond acceptors (Lipinski definition) is 4. The van der Waals surface area contributed by atoms with Gasteiger partial charge in [-0.25, -0.2) is 13.1 Å². The van der Waals surface area contributed by atoms with E-state index in [2.05, 4.69) is 20.7 Å². The van der Waals surface area contributed by atoms with E-state index in [9.17, 15) is 13.2 Å². The highest BCUT2D eigenvalue weighted by atomic mass is 79.9. The zero-order valence-corrected chi connectivity index (χ0v) is 11.5. The van der Waals surface area contributed by atoms with E-state index < -0.39 is 22.8 Å². The molecule has 1 unspecified atom stereocenters. The van der Waals surface area contributed by atoms with Gasteiger partial charge in [0.15, 0.2) is 0 Å². The summed E-state index contributed by atoms with van der Waals surface area (Å²) >= 11 is 3.25. The van der Waals surface area contributed by atoms with Crippen molar-refractivity contribution in [2.45, 2.75) is 6.92 Å². The minimum absolute atomic E-state index is 0.0298. The molecule has 0 radical (unpaired) electrons. The number of halogens is 1. The minimum atomic E-state index is -2.69. The molecular weight excluding hydrogens is 310 g/mol. The molecule has 0 aliphatic carbocycles. The van der Waals surface area contributed by atoms with Gasteiger partial charge in [0.2, 0.25) is 10.9 Å². The van der Waals surface area contributed by atoms with Crippen LogP contribution >= 0.6 is 15.9 Å². The molecule has 0 aliphatic heterocycles. The lowest BCUT2D eigenvalue weighted by Gasteiger charge is -2.10. The van der Waals surface area contributed by atoms with E-state index in [1.54, 1.807) is 31.2 Å². The van der Waals surface area contributed by atoms with Gasteiger partial charge in [0, 0.05) is 6.54 Å². The van der Waals surface area contributed by atoms with Crippen LogP contribution in [-0.4, -0.2) is 20.9 Å². The number of para-hydroxylation sites is 1.